The SMILES string of the molecule is CCOc1cc(C2C(C(=O)c3ccco3)=C(O)C(=O)N2c2cccc(Cl)c2C)ccc1O. The van der Waals surface area contributed by atoms with Crippen molar-refractivity contribution in [3.8, 4) is 11.5 Å². The molecule has 7 nitrogen and oxygen atoms in total. The Morgan fingerprint density at radius 3 is 2.66 bits per heavy atom. The lowest BCUT2D eigenvalue weighted by atomic mass is 9.94. The summed E-state index contributed by atoms with van der Waals surface area (Å²) in [6, 6.07) is 11.6. The van der Waals surface area contributed by atoms with E-state index in [1.165, 1.54) is 29.4 Å². The highest BCUT2D eigenvalue weighted by atomic mass is 35.5. The maximum absolute atomic E-state index is 13.3. The number of phenols is 1. The molecule has 8 heteroatoms. The Balaban J connectivity index is 1.93. The maximum Gasteiger partial charge on any atom is 0.294 e. The Bertz CT molecular complexity index is 1230. The van der Waals surface area contributed by atoms with Crippen LogP contribution in [-0.4, -0.2) is 28.5 Å². The molecule has 0 radical (unpaired) electrons. The summed E-state index contributed by atoms with van der Waals surface area (Å²) in [6.07, 6.45) is 1.34. The number of hydrogen-bond donors (Lipinski definition) is 2. The maximum atomic E-state index is 13.3. The summed E-state index contributed by atoms with van der Waals surface area (Å²) < 4.78 is 10.7. The Morgan fingerprint density at radius 1 is 1.19 bits per heavy atom. The van der Waals surface area contributed by atoms with Gasteiger partial charge in [-0.25, -0.2) is 0 Å². The molecule has 1 atom stereocenters. The summed E-state index contributed by atoms with van der Waals surface area (Å²) in [7, 11) is 0. The molecule has 1 aliphatic heterocycles. The fraction of sp³-hybridized carbons (Fsp3) is 0.167. The third-order valence-corrected chi connectivity index (χ3v) is 5.71. The van der Waals surface area contributed by atoms with Crippen molar-refractivity contribution in [3.05, 3.63) is 88.0 Å². The number of aromatic hydroxyl groups is 1. The van der Waals surface area contributed by atoms with Gasteiger partial charge in [0.2, 0.25) is 5.78 Å². The van der Waals surface area contributed by atoms with Crippen LogP contribution >= 0.6 is 11.6 Å². The quantitative estimate of drug-likeness (QED) is 0.502. The first-order valence-electron chi connectivity index (χ1n) is 9.90. The third-order valence-electron chi connectivity index (χ3n) is 5.30. The number of phenolic OH excluding ortho intramolecular Hbond substituents is 1. The molecule has 0 bridgehead atoms. The average molecular weight is 454 g/mol. The Kier molecular flexibility index (Phi) is 5.67. The van der Waals surface area contributed by atoms with Crippen LogP contribution in [0.25, 0.3) is 0 Å². The van der Waals surface area contributed by atoms with Gasteiger partial charge in [0.05, 0.1) is 24.5 Å². The molecule has 0 saturated carbocycles. The molecule has 1 amide bonds. The van der Waals surface area contributed by atoms with E-state index in [2.05, 4.69) is 0 Å². The van der Waals surface area contributed by atoms with Gasteiger partial charge in [-0.2, -0.15) is 0 Å². The lowest BCUT2D eigenvalue weighted by molar-refractivity contribution is -0.117. The largest absolute Gasteiger partial charge is 0.504 e. The van der Waals surface area contributed by atoms with Gasteiger partial charge < -0.3 is 19.4 Å². The zero-order valence-electron chi connectivity index (χ0n) is 17.3. The van der Waals surface area contributed by atoms with Crippen LogP contribution in [0.5, 0.6) is 11.5 Å². The molecule has 2 heterocycles. The van der Waals surface area contributed by atoms with Gasteiger partial charge in [-0.3, -0.25) is 14.5 Å². The molecule has 0 saturated heterocycles. The van der Waals surface area contributed by atoms with E-state index in [0.717, 1.165) is 0 Å². The number of anilines is 1. The molecule has 3 aromatic rings. The van der Waals surface area contributed by atoms with Crippen molar-refractivity contribution in [2.45, 2.75) is 19.9 Å². The summed E-state index contributed by atoms with van der Waals surface area (Å²) in [5, 5.41) is 21.4. The Labute approximate surface area is 189 Å². The number of carbonyl (C=O) groups is 2. The van der Waals surface area contributed by atoms with Crippen molar-refractivity contribution < 1.29 is 29.0 Å². The van der Waals surface area contributed by atoms with Crippen molar-refractivity contribution in [2.24, 2.45) is 0 Å². The molecule has 32 heavy (non-hydrogen) atoms. The van der Waals surface area contributed by atoms with E-state index in [0.29, 0.717) is 28.4 Å². The van der Waals surface area contributed by atoms with Crippen molar-refractivity contribution in [2.75, 3.05) is 11.5 Å². The molecule has 0 aliphatic carbocycles. The predicted octanol–water partition coefficient (Wildman–Crippen LogP) is 5.13. The molecule has 2 N–H and O–H groups in total. The smallest absolute Gasteiger partial charge is 0.294 e. The molecule has 164 valence electrons. The van der Waals surface area contributed by atoms with Crippen LogP contribution in [0.3, 0.4) is 0 Å². The van der Waals surface area contributed by atoms with E-state index in [-0.39, 0.29) is 22.8 Å². The molecule has 1 aromatic heterocycles. The minimum atomic E-state index is -1.00. The lowest BCUT2D eigenvalue weighted by Crippen LogP contribution is -2.31. The standard InChI is InChI=1S/C24H20ClNO6/c1-3-31-19-12-14(9-10-17(19)27)21-20(22(28)18-8-5-11-32-18)23(29)24(30)26(21)16-7-4-6-15(25)13(16)2/h4-12,21,27,29H,3H2,1-2H3. The van der Waals surface area contributed by atoms with Gasteiger partial charge >= 0.3 is 0 Å². The van der Waals surface area contributed by atoms with E-state index in [9.17, 15) is 19.8 Å². The van der Waals surface area contributed by atoms with Crippen LogP contribution in [0, 0.1) is 6.92 Å². The fourth-order valence-electron chi connectivity index (χ4n) is 3.77. The normalized spacial score (nSPS) is 16.0. The first-order chi connectivity index (χ1) is 15.3. The Morgan fingerprint density at radius 2 is 1.97 bits per heavy atom. The molecule has 0 fully saturated rings. The second kappa shape index (κ2) is 8.43. The highest BCUT2D eigenvalue weighted by molar-refractivity contribution is 6.32. The van der Waals surface area contributed by atoms with E-state index in [1.54, 1.807) is 44.2 Å². The lowest BCUT2D eigenvalue weighted by Gasteiger charge is -2.28. The molecular weight excluding hydrogens is 434 g/mol. The number of aliphatic hydroxyl groups is 1. The van der Waals surface area contributed by atoms with Crippen LogP contribution in [0.15, 0.2) is 70.5 Å². The first-order valence-corrected chi connectivity index (χ1v) is 10.3. The topological polar surface area (TPSA) is 100 Å². The number of benzene rings is 2. The van der Waals surface area contributed by atoms with Crippen molar-refractivity contribution in [1.82, 2.24) is 0 Å². The summed E-state index contributed by atoms with van der Waals surface area (Å²) in [5.41, 5.74) is 1.36. The molecule has 4 rings (SSSR count). The number of ether oxygens (including phenoxy) is 1. The molecule has 1 unspecified atom stereocenters. The van der Waals surface area contributed by atoms with Gasteiger partial charge in [0, 0.05) is 10.7 Å². The van der Waals surface area contributed by atoms with Crippen LogP contribution in [0.1, 0.15) is 34.6 Å². The van der Waals surface area contributed by atoms with Gasteiger partial charge in [-0.1, -0.05) is 23.7 Å². The van der Waals surface area contributed by atoms with E-state index in [4.69, 9.17) is 20.8 Å². The van der Waals surface area contributed by atoms with Gasteiger partial charge in [-0.15, -0.1) is 0 Å². The summed E-state index contributed by atoms with van der Waals surface area (Å²) in [6.45, 7) is 3.81. The number of nitrogens with zero attached hydrogens (tertiary/aromatic N) is 1. The molecular formula is C24H20ClNO6. The van der Waals surface area contributed by atoms with Crippen molar-refractivity contribution >= 4 is 29.0 Å². The predicted molar refractivity (Wildman–Crippen MR) is 118 cm³/mol. The summed E-state index contributed by atoms with van der Waals surface area (Å²) in [5.74, 6) is -1.96. The number of ketones is 1. The summed E-state index contributed by atoms with van der Waals surface area (Å²) in [4.78, 5) is 27.8. The monoisotopic (exact) mass is 453 g/mol. The first kappa shape index (κ1) is 21.5. The van der Waals surface area contributed by atoms with Crippen molar-refractivity contribution in [3.63, 3.8) is 0 Å². The minimum Gasteiger partial charge on any atom is -0.504 e. The van der Waals surface area contributed by atoms with Crippen LogP contribution in [0.2, 0.25) is 5.02 Å². The number of halogens is 1. The molecule has 2 aromatic carbocycles. The number of Topliss-reactive ketones (excluding diaryl/α,β-unsaturated/α-hetero) is 1. The van der Waals surface area contributed by atoms with Gasteiger partial charge in [-0.05, 0) is 61.4 Å². The zero-order valence-corrected chi connectivity index (χ0v) is 18.1. The van der Waals surface area contributed by atoms with Crippen LogP contribution in [-0.2, 0) is 4.79 Å². The van der Waals surface area contributed by atoms with Crippen molar-refractivity contribution in [1.29, 1.82) is 0 Å². The average Bonchev–Trinajstić information content (AvgIpc) is 3.40. The highest BCUT2D eigenvalue weighted by Gasteiger charge is 2.46. The van der Waals surface area contributed by atoms with Crippen LogP contribution in [0.4, 0.5) is 5.69 Å². The highest BCUT2D eigenvalue weighted by Crippen LogP contribution is 2.45. The molecule has 0 spiro atoms. The zero-order chi connectivity index (χ0) is 23.0. The second-order valence-electron chi connectivity index (χ2n) is 7.19. The molecule has 1 aliphatic rings. The minimum absolute atomic E-state index is 0.0159. The number of carbonyl (C=O) groups excluding carboxylic acids is 2. The summed E-state index contributed by atoms with van der Waals surface area (Å²) >= 11 is 6.29. The van der Waals surface area contributed by atoms with Crippen LogP contribution < -0.4 is 9.64 Å². The number of aliphatic hydroxyl groups excluding tert-OH is 1. The number of hydrogen-bond acceptors (Lipinski definition) is 6. The number of furan rings is 1. The van der Waals surface area contributed by atoms with E-state index in [1.807, 2.05) is 0 Å². The van der Waals surface area contributed by atoms with Gasteiger partial charge in [0.1, 0.15) is 0 Å². The van der Waals surface area contributed by atoms with Gasteiger partial charge in [0.15, 0.2) is 23.0 Å². The Hall–Kier alpha value is -3.71. The fourth-order valence-corrected chi connectivity index (χ4v) is 3.94. The van der Waals surface area contributed by atoms with Gasteiger partial charge in [0.25, 0.3) is 5.91 Å². The number of rotatable bonds is 6. The second-order valence-corrected chi connectivity index (χ2v) is 7.60. The third kappa shape index (κ3) is 3.50. The van der Waals surface area contributed by atoms with E-state index >= 15 is 0 Å². The number of amides is 1. The van der Waals surface area contributed by atoms with E-state index < -0.39 is 23.5 Å².